The molecule has 1 atom stereocenters. The van der Waals surface area contributed by atoms with E-state index in [1.165, 1.54) is 0 Å². The van der Waals surface area contributed by atoms with Crippen molar-refractivity contribution < 1.29 is 15.0 Å². The minimum absolute atomic E-state index is 0.0228. The highest BCUT2D eigenvalue weighted by Gasteiger charge is 2.19. The highest BCUT2D eigenvalue weighted by molar-refractivity contribution is 5.95. The molecule has 2 N–H and O–H groups in total. The number of amides is 1. The number of aryl methyl sites for hydroxylation is 1. The fourth-order valence-corrected chi connectivity index (χ4v) is 2.84. The van der Waals surface area contributed by atoms with Crippen LogP contribution in [-0.4, -0.2) is 20.7 Å². The van der Waals surface area contributed by atoms with E-state index in [0.29, 0.717) is 17.5 Å². The van der Waals surface area contributed by atoms with Crippen LogP contribution in [0.5, 0.6) is 5.88 Å². The van der Waals surface area contributed by atoms with Crippen LogP contribution >= 0.6 is 0 Å². The summed E-state index contributed by atoms with van der Waals surface area (Å²) in [5.74, 6) is -0.800. The fourth-order valence-electron chi connectivity index (χ4n) is 2.84. The van der Waals surface area contributed by atoms with E-state index in [1.807, 2.05) is 24.3 Å². The number of hydrogen-bond acceptors (Lipinski definition) is 4. The highest BCUT2D eigenvalue weighted by Crippen LogP contribution is 2.39. The molecule has 26 heavy (non-hydrogen) atoms. The minimum Gasteiger partial charge on any atom is -0.493 e. The zero-order valence-corrected chi connectivity index (χ0v) is 14.5. The van der Waals surface area contributed by atoms with Gasteiger partial charge in [0.25, 0.3) is 5.91 Å². The van der Waals surface area contributed by atoms with Crippen molar-refractivity contribution in [1.29, 1.82) is 0 Å². The second kappa shape index (κ2) is 7.93. The standard InChI is InChI=1S/C20H21N3O3/c1-2-3-13-23-16-12-8-7-11-15(16)17(20(23)26)21-22-19(25)18(24)14-9-5-4-6-10-14/h4-12,18,24,26H,2-3,13H2,1H3. The summed E-state index contributed by atoms with van der Waals surface area (Å²) in [6.07, 6.45) is 0.523. The lowest BCUT2D eigenvalue weighted by atomic mass is 10.1. The molecule has 6 nitrogen and oxygen atoms in total. The van der Waals surface area contributed by atoms with Gasteiger partial charge in [-0.2, -0.15) is 0 Å². The van der Waals surface area contributed by atoms with Gasteiger partial charge < -0.3 is 14.8 Å². The molecule has 1 amide bonds. The summed E-state index contributed by atoms with van der Waals surface area (Å²) in [4.78, 5) is 12.1. The first kappa shape index (κ1) is 17.8. The zero-order chi connectivity index (χ0) is 18.5. The lowest BCUT2D eigenvalue weighted by molar-refractivity contribution is -0.126. The van der Waals surface area contributed by atoms with Gasteiger partial charge in [0.2, 0.25) is 5.88 Å². The number of nitrogens with zero attached hydrogens (tertiary/aromatic N) is 3. The molecule has 134 valence electrons. The van der Waals surface area contributed by atoms with Gasteiger partial charge >= 0.3 is 0 Å². The molecule has 0 saturated carbocycles. The summed E-state index contributed by atoms with van der Waals surface area (Å²) < 4.78 is 1.77. The van der Waals surface area contributed by atoms with Crippen LogP contribution in [0.4, 0.5) is 5.69 Å². The third-order valence-corrected chi connectivity index (χ3v) is 4.25. The van der Waals surface area contributed by atoms with Gasteiger partial charge in [0.15, 0.2) is 11.8 Å². The van der Waals surface area contributed by atoms with Crippen LogP contribution in [0.1, 0.15) is 31.4 Å². The highest BCUT2D eigenvalue weighted by atomic mass is 16.3. The number of aliphatic hydroxyl groups is 1. The van der Waals surface area contributed by atoms with Crippen molar-refractivity contribution in [3.63, 3.8) is 0 Å². The number of benzene rings is 2. The Morgan fingerprint density at radius 1 is 1.12 bits per heavy atom. The summed E-state index contributed by atoms with van der Waals surface area (Å²) >= 11 is 0. The van der Waals surface area contributed by atoms with Crippen LogP contribution in [0.2, 0.25) is 0 Å². The summed E-state index contributed by atoms with van der Waals surface area (Å²) in [5, 5.41) is 28.9. The normalized spacial score (nSPS) is 12.7. The van der Waals surface area contributed by atoms with Crippen molar-refractivity contribution in [1.82, 2.24) is 4.57 Å². The molecular weight excluding hydrogens is 330 g/mol. The Labute approximate surface area is 151 Å². The van der Waals surface area contributed by atoms with Gasteiger partial charge in [0, 0.05) is 11.9 Å². The maximum Gasteiger partial charge on any atom is 0.297 e. The average molecular weight is 351 g/mol. The molecule has 6 heteroatoms. The van der Waals surface area contributed by atoms with E-state index < -0.39 is 12.0 Å². The molecule has 1 aromatic heterocycles. The van der Waals surface area contributed by atoms with Crippen molar-refractivity contribution in [2.24, 2.45) is 10.2 Å². The van der Waals surface area contributed by atoms with Gasteiger partial charge in [-0.15, -0.1) is 10.2 Å². The quantitative estimate of drug-likeness (QED) is 0.641. The van der Waals surface area contributed by atoms with Crippen molar-refractivity contribution in [2.75, 3.05) is 0 Å². The van der Waals surface area contributed by atoms with Crippen LogP contribution < -0.4 is 0 Å². The molecule has 3 aromatic rings. The van der Waals surface area contributed by atoms with Crippen LogP contribution in [-0.2, 0) is 11.3 Å². The van der Waals surface area contributed by atoms with Crippen molar-refractivity contribution in [3.05, 3.63) is 60.2 Å². The number of fused-ring (bicyclic) bond motifs is 1. The SMILES string of the molecule is CCCCn1c(O)c(N=NC(=O)C(O)c2ccccc2)c2ccccc21. The van der Waals surface area contributed by atoms with E-state index in [9.17, 15) is 15.0 Å². The third kappa shape index (κ3) is 3.50. The Kier molecular flexibility index (Phi) is 5.43. The number of unbranched alkanes of at least 4 members (excludes halogenated alkanes) is 1. The van der Waals surface area contributed by atoms with Gasteiger partial charge in [-0.25, -0.2) is 0 Å². The summed E-state index contributed by atoms with van der Waals surface area (Å²) in [6.45, 7) is 2.73. The Balaban J connectivity index is 1.92. The number of aliphatic hydroxyl groups excluding tert-OH is 1. The van der Waals surface area contributed by atoms with Gasteiger partial charge in [-0.05, 0) is 18.1 Å². The zero-order valence-electron chi connectivity index (χ0n) is 14.5. The number of carbonyl (C=O) groups is 1. The first-order chi connectivity index (χ1) is 12.6. The average Bonchev–Trinajstić information content (AvgIpc) is 2.95. The van der Waals surface area contributed by atoms with E-state index >= 15 is 0 Å². The second-order valence-electron chi connectivity index (χ2n) is 6.05. The van der Waals surface area contributed by atoms with E-state index in [4.69, 9.17) is 0 Å². The van der Waals surface area contributed by atoms with Crippen LogP contribution in [0.15, 0.2) is 64.8 Å². The van der Waals surface area contributed by atoms with E-state index in [-0.39, 0.29) is 11.6 Å². The molecule has 2 aromatic carbocycles. The van der Waals surface area contributed by atoms with Crippen molar-refractivity contribution in [2.45, 2.75) is 32.4 Å². The van der Waals surface area contributed by atoms with E-state index in [2.05, 4.69) is 17.2 Å². The predicted octanol–water partition coefficient (Wildman–Crippen LogP) is 4.49. The molecular formula is C20H21N3O3. The first-order valence-corrected chi connectivity index (χ1v) is 8.62. The third-order valence-electron chi connectivity index (χ3n) is 4.25. The lowest BCUT2D eigenvalue weighted by Gasteiger charge is -2.05. The summed E-state index contributed by atoms with van der Waals surface area (Å²) in [6, 6.07) is 16.0. The molecule has 0 bridgehead atoms. The topological polar surface area (TPSA) is 87.2 Å². The first-order valence-electron chi connectivity index (χ1n) is 8.62. The molecule has 0 aliphatic rings. The number of aromatic hydroxyl groups is 1. The Bertz CT molecular complexity index is 932. The molecule has 0 spiro atoms. The molecule has 0 fully saturated rings. The number of para-hydroxylation sites is 1. The van der Waals surface area contributed by atoms with Crippen LogP contribution in [0.3, 0.4) is 0 Å². The fraction of sp³-hybridized carbons (Fsp3) is 0.250. The summed E-state index contributed by atoms with van der Waals surface area (Å²) in [7, 11) is 0. The Morgan fingerprint density at radius 2 is 1.81 bits per heavy atom. The van der Waals surface area contributed by atoms with E-state index in [1.54, 1.807) is 34.9 Å². The number of azo groups is 1. The van der Waals surface area contributed by atoms with Gasteiger partial charge in [-0.3, -0.25) is 4.79 Å². The Hall–Kier alpha value is -2.99. The molecule has 0 saturated heterocycles. The molecule has 0 radical (unpaired) electrons. The number of rotatable bonds is 6. The van der Waals surface area contributed by atoms with Gasteiger partial charge in [-0.1, -0.05) is 61.9 Å². The molecule has 3 rings (SSSR count). The smallest absolute Gasteiger partial charge is 0.297 e. The Morgan fingerprint density at radius 3 is 2.54 bits per heavy atom. The second-order valence-corrected chi connectivity index (χ2v) is 6.05. The largest absolute Gasteiger partial charge is 0.493 e. The predicted molar refractivity (Wildman–Crippen MR) is 99.4 cm³/mol. The maximum atomic E-state index is 12.1. The minimum atomic E-state index is -1.38. The molecule has 1 unspecified atom stereocenters. The maximum absolute atomic E-state index is 12.1. The molecule has 0 aliphatic carbocycles. The number of hydrogen-bond donors (Lipinski definition) is 2. The molecule has 1 heterocycles. The monoisotopic (exact) mass is 351 g/mol. The molecule has 0 aliphatic heterocycles. The lowest BCUT2D eigenvalue weighted by Crippen LogP contribution is -2.08. The number of carbonyl (C=O) groups excluding carboxylic acids is 1. The summed E-state index contributed by atoms with van der Waals surface area (Å²) in [5.41, 5.74) is 1.53. The van der Waals surface area contributed by atoms with Gasteiger partial charge in [0.05, 0.1) is 5.52 Å². The number of aromatic nitrogens is 1. The van der Waals surface area contributed by atoms with Crippen LogP contribution in [0.25, 0.3) is 10.9 Å². The van der Waals surface area contributed by atoms with Crippen LogP contribution in [0, 0.1) is 0 Å². The van der Waals surface area contributed by atoms with Crippen molar-refractivity contribution >= 4 is 22.5 Å². The van der Waals surface area contributed by atoms with Gasteiger partial charge in [0.1, 0.15) is 0 Å². The van der Waals surface area contributed by atoms with E-state index in [0.717, 1.165) is 18.4 Å². The van der Waals surface area contributed by atoms with Crippen molar-refractivity contribution in [3.8, 4) is 5.88 Å².